The van der Waals surface area contributed by atoms with E-state index in [1.807, 2.05) is 0 Å². The monoisotopic (exact) mass is 200 g/mol. The Kier molecular flexibility index (Phi) is 6.72. The van der Waals surface area contributed by atoms with Gasteiger partial charge in [0.15, 0.2) is 10.1 Å². The van der Waals surface area contributed by atoms with E-state index in [-0.39, 0.29) is 35.0 Å². The molecule has 1 rings (SSSR count). The van der Waals surface area contributed by atoms with Crippen LogP contribution in [0.4, 0.5) is 0 Å². The molecule has 0 fully saturated rings. The van der Waals surface area contributed by atoms with Gasteiger partial charge in [0.25, 0.3) is 0 Å². The zero-order valence-corrected chi connectivity index (χ0v) is 9.08. The van der Waals surface area contributed by atoms with E-state index in [1.54, 1.807) is 0 Å². The van der Waals surface area contributed by atoms with E-state index in [0.29, 0.717) is 0 Å². The van der Waals surface area contributed by atoms with Crippen LogP contribution in [0.5, 0.6) is 0 Å². The SMILES string of the molecule is O.O=S(=O)([O-])c1ncccn1.[Na+]. The Morgan fingerprint density at radius 2 is 1.67 bits per heavy atom. The Balaban J connectivity index is 0. The maximum atomic E-state index is 10.2. The van der Waals surface area contributed by atoms with Gasteiger partial charge in [-0.2, -0.15) is 0 Å². The molecule has 0 saturated carbocycles. The maximum Gasteiger partial charge on any atom is 1.00 e. The molecular weight excluding hydrogens is 195 g/mol. The Labute approximate surface area is 91.4 Å². The molecule has 0 amide bonds. The molecule has 1 heterocycles. The van der Waals surface area contributed by atoms with E-state index in [1.165, 1.54) is 18.5 Å². The Hall–Kier alpha value is -0.0500. The molecule has 0 aliphatic carbocycles. The van der Waals surface area contributed by atoms with Crippen LogP contribution >= 0.6 is 0 Å². The minimum Gasteiger partial charge on any atom is -0.742 e. The molecule has 1 aromatic rings. The molecule has 0 aliphatic heterocycles. The maximum absolute atomic E-state index is 10.2. The van der Waals surface area contributed by atoms with Crippen LogP contribution in [0.25, 0.3) is 0 Å². The van der Waals surface area contributed by atoms with Gasteiger partial charge in [-0.25, -0.2) is 18.4 Å². The van der Waals surface area contributed by atoms with Crippen molar-refractivity contribution in [2.45, 2.75) is 5.16 Å². The van der Waals surface area contributed by atoms with Crippen LogP contribution in [0.2, 0.25) is 0 Å². The quantitative estimate of drug-likeness (QED) is 0.257. The van der Waals surface area contributed by atoms with Crippen molar-refractivity contribution in [2.75, 3.05) is 0 Å². The molecule has 0 bridgehead atoms. The van der Waals surface area contributed by atoms with E-state index >= 15 is 0 Å². The fraction of sp³-hybridized carbons (Fsp3) is 0. The van der Waals surface area contributed by atoms with Gasteiger partial charge in [-0.3, -0.25) is 0 Å². The van der Waals surface area contributed by atoms with Crippen molar-refractivity contribution in [1.82, 2.24) is 9.97 Å². The normalized spacial score (nSPS) is 9.42. The van der Waals surface area contributed by atoms with Crippen LogP contribution in [-0.4, -0.2) is 28.4 Å². The van der Waals surface area contributed by atoms with Crippen LogP contribution in [0, 0.1) is 0 Å². The van der Waals surface area contributed by atoms with Crippen molar-refractivity contribution in [3.8, 4) is 0 Å². The van der Waals surface area contributed by atoms with E-state index in [0.717, 1.165) is 0 Å². The molecule has 0 aliphatic rings. The summed E-state index contributed by atoms with van der Waals surface area (Å²) in [6.07, 6.45) is 2.38. The zero-order chi connectivity index (χ0) is 7.61. The summed E-state index contributed by atoms with van der Waals surface area (Å²) in [7, 11) is -4.48. The molecule has 6 nitrogen and oxygen atoms in total. The summed E-state index contributed by atoms with van der Waals surface area (Å²) in [4.78, 5) is 6.48. The van der Waals surface area contributed by atoms with Gasteiger partial charge in [0.1, 0.15) is 0 Å². The van der Waals surface area contributed by atoms with Crippen LogP contribution in [0.15, 0.2) is 23.6 Å². The van der Waals surface area contributed by atoms with Crippen molar-refractivity contribution in [3.05, 3.63) is 18.5 Å². The van der Waals surface area contributed by atoms with Crippen molar-refractivity contribution < 1.29 is 48.0 Å². The van der Waals surface area contributed by atoms with Crippen molar-refractivity contribution in [2.24, 2.45) is 0 Å². The van der Waals surface area contributed by atoms with Crippen molar-refractivity contribution in [1.29, 1.82) is 0 Å². The van der Waals surface area contributed by atoms with Crippen molar-refractivity contribution in [3.63, 3.8) is 0 Å². The third-order valence-corrected chi connectivity index (χ3v) is 1.42. The first-order chi connectivity index (χ1) is 4.61. The number of hydrogen-bond donors (Lipinski definition) is 0. The van der Waals surface area contributed by atoms with Crippen LogP contribution in [-0.2, 0) is 10.1 Å². The number of nitrogens with zero attached hydrogens (tertiary/aromatic N) is 2. The van der Waals surface area contributed by atoms with Gasteiger partial charge in [-0.15, -0.1) is 0 Å². The molecule has 0 unspecified atom stereocenters. The molecule has 1 aromatic heterocycles. The van der Waals surface area contributed by atoms with Crippen molar-refractivity contribution >= 4 is 10.1 Å². The largest absolute Gasteiger partial charge is 1.00 e. The zero-order valence-electron chi connectivity index (χ0n) is 6.26. The van der Waals surface area contributed by atoms with Gasteiger partial charge >= 0.3 is 29.6 Å². The second-order valence-corrected chi connectivity index (χ2v) is 2.76. The molecule has 0 aromatic carbocycles. The molecule has 0 saturated heterocycles. The first-order valence-electron chi connectivity index (χ1n) is 2.33. The van der Waals surface area contributed by atoms with E-state index in [4.69, 9.17) is 0 Å². The van der Waals surface area contributed by atoms with E-state index < -0.39 is 15.3 Å². The molecule has 0 radical (unpaired) electrons. The van der Waals surface area contributed by atoms with Crippen LogP contribution < -0.4 is 29.6 Å². The van der Waals surface area contributed by atoms with E-state index in [9.17, 15) is 13.0 Å². The molecular formula is C4H5N2NaO4S. The van der Waals surface area contributed by atoms with Gasteiger partial charge in [-0.1, -0.05) is 0 Å². The molecule has 8 heteroatoms. The molecule has 0 spiro atoms. The first kappa shape index (κ1) is 14.5. The second kappa shape index (κ2) is 5.57. The molecule has 0 atom stereocenters. The standard InChI is InChI=1S/C4H4N2O3S.Na.H2O/c7-10(8,9)4-5-2-1-3-6-4;;/h1-3H,(H,7,8,9);;1H2/q;+1;/p-1. The van der Waals surface area contributed by atoms with Crippen LogP contribution in [0.1, 0.15) is 0 Å². The Morgan fingerprint density at radius 3 is 1.92 bits per heavy atom. The van der Waals surface area contributed by atoms with E-state index in [2.05, 4.69) is 9.97 Å². The summed E-state index contributed by atoms with van der Waals surface area (Å²) in [5.74, 6) is 0. The summed E-state index contributed by atoms with van der Waals surface area (Å²) in [5, 5.41) is -0.685. The summed E-state index contributed by atoms with van der Waals surface area (Å²) in [6, 6.07) is 1.43. The van der Waals surface area contributed by atoms with Crippen LogP contribution in [0.3, 0.4) is 0 Å². The topological polar surface area (TPSA) is 114 Å². The average molecular weight is 200 g/mol. The Morgan fingerprint density at radius 1 is 1.25 bits per heavy atom. The summed E-state index contributed by atoms with van der Waals surface area (Å²) in [6.45, 7) is 0. The van der Waals surface area contributed by atoms with Gasteiger partial charge in [-0.05, 0) is 6.07 Å². The fourth-order valence-corrected chi connectivity index (χ4v) is 0.794. The molecule has 62 valence electrons. The number of aromatic nitrogens is 2. The van der Waals surface area contributed by atoms with Gasteiger partial charge in [0, 0.05) is 12.4 Å². The third-order valence-electron chi connectivity index (χ3n) is 0.766. The second-order valence-electron chi connectivity index (χ2n) is 1.49. The summed E-state index contributed by atoms with van der Waals surface area (Å²) >= 11 is 0. The summed E-state index contributed by atoms with van der Waals surface area (Å²) < 4.78 is 30.5. The average Bonchev–Trinajstić information content (AvgIpc) is 1.88. The predicted octanol–water partition coefficient (Wildman–Crippen LogP) is -4.44. The fourth-order valence-electron chi connectivity index (χ4n) is 0.415. The summed E-state index contributed by atoms with van der Waals surface area (Å²) in [5.41, 5.74) is 0. The number of hydrogen-bond acceptors (Lipinski definition) is 5. The first-order valence-corrected chi connectivity index (χ1v) is 3.74. The van der Waals surface area contributed by atoms with Gasteiger partial charge in [0.05, 0.1) is 0 Å². The third kappa shape index (κ3) is 4.10. The Bertz CT molecular complexity index is 313. The number of rotatable bonds is 1. The van der Waals surface area contributed by atoms with Gasteiger partial charge in [0.2, 0.25) is 5.16 Å². The predicted molar refractivity (Wildman–Crippen MR) is 33.6 cm³/mol. The minimum atomic E-state index is -4.48. The smallest absolute Gasteiger partial charge is 0.742 e. The minimum absolute atomic E-state index is 0. The molecule has 2 N–H and O–H groups in total. The molecule has 12 heavy (non-hydrogen) atoms. The van der Waals surface area contributed by atoms with Gasteiger partial charge < -0.3 is 10.0 Å².